The van der Waals surface area contributed by atoms with Gasteiger partial charge in [-0.25, -0.2) is 4.39 Å². The second-order valence-corrected chi connectivity index (χ2v) is 11.6. The molecule has 3 fully saturated rings. The van der Waals surface area contributed by atoms with E-state index in [2.05, 4.69) is 18.3 Å². The van der Waals surface area contributed by atoms with E-state index in [0.29, 0.717) is 48.5 Å². The largest absolute Gasteiger partial charge is 0.462 e. The van der Waals surface area contributed by atoms with Crippen molar-refractivity contribution in [2.45, 2.75) is 77.7 Å². The van der Waals surface area contributed by atoms with E-state index in [1.807, 2.05) is 0 Å². The van der Waals surface area contributed by atoms with Gasteiger partial charge in [-0.3, -0.25) is 14.4 Å². The average molecular weight is 482 g/mol. The number of ketones is 1. The topological polar surface area (TPSA) is 72.5 Å². The Morgan fingerprint density at radius 1 is 1.11 bits per heavy atom. The molecule has 3 saturated carbocycles. The van der Waals surface area contributed by atoms with E-state index in [9.17, 15) is 18.8 Å². The summed E-state index contributed by atoms with van der Waals surface area (Å²) in [6, 6.07) is 5.59. The highest BCUT2D eigenvalue weighted by molar-refractivity contribution is 5.94. The molecule has 0 bridgehead atoms. The molecule has 4 aliphatic rings. The quantitative estimate of drug-likeness (QED) is 0.452. The van der Waals surface area contributed by atoms with Crippen LogP contribution in [0.5, 0.6) is 0 Å². The Bertz CT molecular complexity index is 1050. The molecule has 6 heteroatoms. The number of rotatable bonds is 5. The lowest BCUT2D eigenvalue weighted by Gasteiger charge is -2.57. The molecule has 1 N–H and O–H groups in total. The minimum absolute atomic E-state index is 0.0103. The second kappa shape index (κ2) is 9.18. The number of halogens is 1. The van der Waals surface area contributed by atoms with Crippen LogP contribution in [-0.4, -0.2) is 30.3 Å². The van der Waals surface area contributed by atoms with Gasteiger partial charge in [-0.1, -0.05) is 18.6 Å². The van der Waals surface area contributed by atoms with E-state index in [4.69, 9.17) is 4.74 Å². The summed E-state index contributed by atoms with van der Waals surface area (Å²) in [4.78, 5) is 36.8. The maximum atomic E-state index is 13.2. The van der Waals surface area contributed by atoms with Gasteiger partial charge in [0.2, 0.25) is 0 Å². The van der Waals surface area contributed by atoms with Gasteiger partial charge in [-0.05, 0) is 91.4 Å². The monoisotopic (exact) mass is 481 g/mol. The zero-order valence-electron chi connectivity index (χ0n) is 20.8. The van der Waals surface area contributed by atoms with Crippen LogP contribution in [0.15, 0.2) is 35.9 Å². The van der Waals surface area contributed by atoms with Gasteiger partial charge in [-0.2, -0.15) is 0 Å². The first-order valence-electron chi connectivity index (χ1n) is 13.1. The lowest BCUT2D eigenvalue weighted by atomic mass is 9.47. The summed E-state index contributed by atoms with van der Waals surface area (Å²) in [5.41, 5.74) is 1.98. The van der Waals surface area contributed by atoms with Crippen molar-refractivity contribution in [1.82, 2.24) is 5.32 Å². The van der Waals surface area contributed by atoms with Gasteiger partial charge in [0.25, 0.3) is 5.91 Å². The normalized spacial score (nSPS) is 35.9. The van der Waals surface area contributed by atoms with Crippen molar-refractivity contribution in [3.05, 3.63) is 47.3 Å². The maximum absolute atomic E-state index is 13.2. The minimum atomic E-state index is -0.359. The van der Waals surface area contributed by atoms with Crippen LogP contribution in [0.4, 0.5) is 4.39 Å². The zero-order chi connectivity index (χ0) is 24.8. The number of hydrogen-bond donors (Lipinski definition) is 1. The van der Waals surface area contributed by atoms with Crippen LogP contribution in [-0.2, 0) is 14.3 Å². The molecule has 35 heavy (non-hydrogen) atoms. The molecule has 0 radical (unpaired) electrons. The van der Waals surface area contributed by atoms with E-state index in [1.54, 1.807) is 0 Å². The summed E-state index contributed by atoms with van der Waals surface area (Å²) in [7, 11) is 0. The van der Waals surface area contributed by atoms with E-state index in [1.165, 1.54) is 36.8 Å². The van der Waals surface area contributed by atoms with Crippen molar-refractivity contribution in [1.29, 1.82) is 0 Å². The van der Waals surface area contributed by atoms with E-state index in [-0.39, 0.29) is 34.6 Å². The van der Waals surface area contributed by atoms with Crippen LogP contribution >= 0.6 is 0 Å². The zero-order valence-corrected chi connectivity index (χ0v) is 20.8. The molecule has 0 aromatic heterocycles. The highest BCUT2D eigenvalue weighted by atomic mass is 19.1. The molecule has 1 amide bonds. The van der Waals surface area contributed by atoms with Gasteiger partial charge >= 0.3 is 5.97 Å². The Labute approximate surface area is 206 Å². The molecular formula is C29H36FNO4. The number of ether oxygens (including phenoxy) is 1. The summed E-state index contributed by atoms with van der Waals surface area (Å²) in [6.07, 6.45) is 10.3. The van der Waals surface area contributed by atoms with Gasteiger partial charge in [0.15, 0.2) is 0 Å². The van der Waals surface area contributed by atoms with Gasteiger partial charge < -0.3 is 10.1 Å². The number of allylic oxidation sites excluding steroid dienone is 1. The Hall–Kier alpha value is -2.50. The number of carbonyl (C=O) groups is 3. The predicted molar refractivity (Wildman–Crippen MR) is 130 cm³/mol. The smallest absolute Gasteiger partial charge is 0.302 e. The molecule has 0 aliphatic heterocycles. The van der Waals surface area contributed by atoms with Gasteiger partial charge in [0.05, 0.1) is 0 Å². The number of amides is 1. The Morgan fingerprint density at radius 3 is 2.63 bits per heavy atom. The molecule has 6 atom stereocenters. The first-order chi connectivity index (χ1) is 16.7. The van der Waals surface area contributed by atoms with Crippen molar-refractivity contribution < 1.29 is 23.5 Å². The van der Waals surface area contributed by atoms with Crippen LogP contribution in [0.3, 0.4) is 0 Å². The van der Waals surface area contributed by atoms with E-state index < -0.39 is 0 Å². The summed E-state index contributed by atoms with van der Waals surface area (Å²) in [5, 5.41) is 3.01. The lowest BCUT2D eigenvalue weighted by molar-refractivity contribution is -0.148. The summed E-state index contributed by atoms with van der Waals surface area (Å²) < 4.78 is 18.7. The van der Waals surface area contributed by atoms with Gasteiger partial charge in [0.1, 0.15) is 17.7 Å². The standard InChI is InChI=1S/C29H36FNO4/c1-18(32)35-23-9-11-28(2)20(15-23)5-8-24-25(28)10-12-29(17-22(33)16-26(24)29)13-14-31-27(34)19-3-6-21(30)7-4-19/h3-7,23-26H,8-17H2,1-2H3,(H,31,34)/t23-,24+,25-,26-,28-,29-/m0/s1. The number of esters is 1. The highest BCUT2D eigenvalue weighted by Crippen LogP contribution is 2.65. The second-order valence-electron chi connectivity index (χ2n) is 11.6. The molecule has 1 aromatic rings. The number of benzene rings is 1. The number of nitrogens with one attached hydrogen (secondary N) is 1. The predicted octanol–water partition coefficient (Wildman–Crippen LogP) is 5.39. The third-order valence-electron chi connectivity index (χ3n) is 9.74. The molecule has 4 aliphatic carbocycles. The molecule has 0 unspecified atom stereocenters. The fourth-order valence-electron chi connectivity index (χ4n) is 8.08. The third-order valence-corrected chi connectivity index (χ3v) is 9.74. The maximum Gasteiger partial charge on any atom is 0.302 e. The number of Topliss-reactive ketones (excluding diaryl/α,β-unsaturated/α-hetero) is 1. The van der Waals surface area contributed by atoms with Crippen LogP contribution in [0.1, 0.15) is 82.0 Å². The van der Waals surface area contributed by atoms with Crippen molar-refractivity contribution in [2.75, 3.05) is 6.54 Å². The Balaban J connectivity index is 1.28. The third kappa shape index (κ3) is 4.45. The van der Waals surface area contributed by atoms with Crippen LogP contribution in [0.2, 0.25) is 0 Å². The van der Waals surface area contributed by atoms with Crippen molar-refractivity contribution in [3.8, 4) is 0 Å². The minimum Gasteiger partial charge on any atom is -0.462 e. The highest BCUT2D eigenvalue weighted by Gasteiger charge is 2.58. The summed E-state index contributed by atoms with van der Waals surface area (Å²) in [5.74, 6) is 1.00. The number of hydrogen-bond acceptors (Lipinski definition) is 4. The molecule has 5 rings (SSSR count). The molecule has 1 aromatic carbocycles. The van der Waals surface area contributed by atoms with E-state index in [0.717, 1.165) is 44.9 Å². The first-order valence-corrected chi connectivity index (χ1v) is 13.1. The molecule has 0 spiro atoms. The molecule has 0 saturated heterocycles. The SMILES string of the molecule is CC(=O)O[C@H]1CC[C@@]2(C)C(=CC[C@H]3[C@@H]4CC(=O)C[C@@]4(CCNC(=O)c4ccc(F)cc4)CC[C@@H]32)C1. The summed E-state index contributed by atoms with van der Waals surface area (Å²) >= 11 is 0. The molecular weight excluding hydrogens is 445 g/mol. The number of fused-ring (bicyclic) bond motifs is 5. The van der Waals surface area contributed by atoms with Crippen LogP contribution in [0, 0.1) is 34.4 Å². The average Bonchev–Trinajstić information content (AvgIpc) is 3.15. The lowest BCUT2D eigenvalue weighted by Crippen LogP contribution is -2.50. The molecule has 0 heterocycles. The van der Waals surface area contributed by atoms with Gasteiger partial charge in [-0.15, -0.1) is 0 Å². The summed E-state index contributed by atoms with van der Waals surface area (Å²) in [6.45, 7) is 4.41. The molecule has 5 nitrogen and oxygen atoms in total. The Kier molecular flexibility index (Phi) is 6.35. The fraction of sp³-hybridized carbons (Fsp3) is 0.621. The Morgan fingerprint density at radius 2 is 1.89 bits per heavy atom. The van der Waals surface area contributed by atoms with Crippen LogP contribution in [0.25, 0.3) is 0 Å². The van der Waals surface area contributed by atoms with Crippen LogP contribution < -0.4 is 5.32 Å². The first kappa shape index (κ1) is 24.2. The molecule has 188 valence electrons. The van der Waals surface area contributed by atoms with Crippen molar-refractivity contribution in [3.63, 3.8) is 0 Å². The van der Waals surface area contributed by atoms with E-state index >= 15 is 0 Å². The van der Waals surface area contributed by atoms with Crippen molar-refractivity contribution >= 4 is 17.7 Å². The van der Waals surface area contributed by atoms with Crippen molar-refractivity contribution in [2.24, 2.45) is 28.6 Å². The fourth-order valence-corrected chi connectivity index (χ4v) is 8.08. The van der Waals surface area contributed by atoms with Gasteiger partial charge in [0, 0.05) is 38.3 Å². The number of carbonyl (C=O) groups excluding carboxylic acids is 3.